The van der Waals surface area contributed by atoms with Gasteiger partial charge in [0.25, 0.3) is 0 Å². The molecule has 2 nitrogen and oxygen atoms in total. The van der Waals surface area contributed by atoms with E-state index in [0.717, 1.165) is 30.0 Å². The van der Waals surface area contributed by atoms with Crippen LogP contribution in [0.3, 0.4) is 0 Å². The number of thioether (sulfide) groups is 1. The summed E-state index contributed by atoms with van der Waals surface area (Å²) in [7, 11) is 0. The molecule has 0 heterocycles. The Balaban J connectivity index is 1.56. The summed E-state index contributed by atoms with van der Waals surface area (Å²) in [6.45, 7) is 2.84. The predicted molar refractivity (Wildman–Crippen MR) is 72.0 cm³/mol. The van der Waals surface area contributed by atoms with Crippen LogP contribution in [0, 0.1) is 17.7 Å². The largest absolute Gasteiger partial charge is 0.356 e. The van der Waals surface area contributed by atoms with Gasteiger partial charge in [0, 0.05) is 17.4 Å². The summed E-state index contributed by atoms with van der Waals surface area (Å²) in [6, 6.07) is 6.51. The first-order valence-corrected chi connectivity index (χ1v) is 7.31. The van der Waals surface area contributed by atoms with Crippen molar-refractivity contribution in [3.8, 4) is 0 Å². The molecule has 2 atom stereocenters. The first-order valence-electron chi connectivity index (χ1n) is 6.33. The van der Waals surface area contributed by atoms with Crippen LogP contribution >= 0.6 is 11.8 Å². The number of hydrogen-bond acceptors (Lipinski definition) is 2. The van der Waals surface area contributed by atoms with E-state index in [-0.39, 0.29) is 17.6 Å². The van der Waals surface area contributed by atoms with Gasteiger partial charge in [-0.05, 0) is 48.8 Å². The van der Waals surface area contributed by atoms with Crippen LogP contribution in [-0.2, 0) is 4.79 Å². The maximum absolute atomic E-state index is 12.7. The highest BCUT2D eigenvalue weighted by Crippen LogP contribution is 2.37. The van der Waals surface area contributed by atoms with E-state index in [2.05, 4.69) is 12.2 Å². The Morgan fingerprint density at radius 2 is 2.11 bits per heavy atom. The summed E-state index contributed by atoms with van der Waals surface area (Å²) in [5.41, 5.74) is 0. The summed E-state index contributed by atoms with van der Waals surface area (Å²) >= 11 is 1.69. The highest BCUT2D eigenvalue weighted by atomic mass is 32.2. The number of rotatable bonds is 6. The lowest BCUT2D eigenvalue weighted by Crippen LogP contribution is -2.26. The van der Waals surface area contributed by atoms with E-state index in [1.807, 2.05) is 0 Å². The molecule has 1 aromatic carbocycles. The zero-order valence-corrected chi connectivity index (χ0v) is 11.3. The Morgan fingerprint density at radius 3 is 2.72 bits per heavy atom. The monoisotopic (exact) mass is 267 g/mol. The van der Waals surface area contributed by atoms with E-state index < -0.39 is 0 Å². The van der Waals surface area contributed by atoms with E-state index in [4.69, 9.17) is 0 Å². The Kier molecular flexibility index (Phi) is 4.64. The van der Waals surface area contributed by atoms with Crippen LogP contribution in [-0.4, -0.2) is 18.2 Å². The molecule has 18 heavy (non-hydrogen) atoms. The minimum atomic E-state index is -0.204. The molecule has 2 rings (SSSR count). The third-order valence-electron chi connectivity index (χ3n) is 3.15. The molecule has 1 aromatic rings. The van der Waals surface area contributed by atoms with Crippen LogP contribution in [0.25, 0.3) is 0 Å². The predicted octanol–water partition coefficient (Wildman–Crippen LogP) is 3.08. The normalized spacial score (nSPS) is 21.7. The summed E-state index contributed by atoms with van der Waals surface area (Å²) in [4.78, 5) is 12.6. The van der Waals surface area contributed by atoms with Gasteiger partial charge in [0.05, 0.1) is 0 Å². The van der Waals surface area contributed by atoms with Crippen LogP contribution < -0.4 is 5.32 Å². The average molecular weight is 267 g/mol. The minimum Gasteiger partial charge on any atom is -0.356 e. The molecule has 0 aliphatic heterocycles. The van der Waals surface area contributed by atoms with E-state index >= 15 is 0 Å². The molecule has 0 saturated heterocycles. The molecular weight excluding hydrogens is 249 g/mol. The molecule has 2 unspecified atom stereocenters. The number of halogens is 1. The van der Waals surface area contributed by atoms with E-state index in [0.29, 0.717) is 5.92 Å². The van der Waals surface area contributed by atoms with Crippen LogP contribution in [0.1, 0.15) is 19.8 Å². The molecule has 0 radical (unpaired) electrons. The van der Waals surface area contributed by atoms with Crippen LogP contribution in [0.15, 0.2) is 29.2 Å². The topological polar surface area (TPSA) is 29.1 Å². The highest BCUT2D eigenvalue weighted by molar-refractivity contribution is 7.99. The second-order valence-electron chi connectivity index (χ2n) is 4.77. The lowest BCUT2D eigenvalue weighted by molar-refractivity contribution is -0.122. The van der Waals surface area contributed by atoms with Gasteiger partial charge in [0.2, 0.25) is 5.91 Å². The van der Waals surface area contributed by atoms with Gasteiger partial charge in [0.15, 0.2) is 0 Å². The first kappa shape index (κ1) is 13.4. The lowest BCUT2D eigenvalue weighted by atomic mass is 10.3. The van der Waals surface area contributed by atoms with Crippen molar-refractivity contribution in [3.05, 3.63) is 30.1 Å². The summed E-state index contributed by atoms with van der Waals surface area (Å²) < 4.78 is 12.7. The molecule has 1 fully saturated rings. The molecule has 1 aliphatic rings. The fourth-order valence-corrected chi connectivity index (χ4v) is 2.68. The summed E-state index contributed by atoms with van der Waals surface area (Å²) in [5.74, 6) is 1.76. The molecule has 0 aromatic heterocycles. The minimum absolute atomic E-state index is 0.203. The van der Waals surface area contributed by atoms with Gasteiger partial charge < -0.3 is 5.32 Å². The lowest BCUT2D eigenvalue weighted by Gasteiger charge is -2.04. The van der Waals surface area contributed by atoms with Crippen molar-refractivity contribution in [3.63, 3.8) is 0 Å². The number of carbonyl (C=O) groups excluding carboxylic acids is 1. The quantitative estimate of drug-likeness (QED) is 0.634. The Morgan fingerprint density at radius 1 is 1.44 bits per heavy atom. The number of nitrogens with one attached hydrogen (secondary N) is 1. The molecule has 98 valence electrons. The van der Waals surface area contributed by atoms with Gasteiger partial charge >= 0.3 is 0 Å². The molecule has 0 bridgehead atoms. The standard InChI is InChI=1S/C14H18FNOS/c1-10-9-13(10)14(17)16-7-2-8-18-12-5-3-11(15)4-6-12/h3-6,10,13H,2,7-9H2,1H3,(H,16,17). The SMILES string of the molecule is CC1CC1C(=O)NCCCSc1ccc(F)cc1. The zero-order chi connectivity index (χ0) is 13.0. The van der Waals surface area contributed by atoms with Crippen molar-refractivity contribution in [2.75, 3.05) is 12.3 Å². The van der Waals surface area contributed by atoms with Gasteiger partial charge in [-0.25, -0.2) is 4.39 Å². The van der Waals surface area contributed by atoms with E-state index in [1.165, 1.54) is 12.1 Å². The van der Waals surface area contributed by atoms with E-state index in [9.17, 15) is 9.18 Å². The molecule has 1 N–H and O–H groups in total. The van der Waals surface area contributed by atoms with Crippen molar-refractivity contribution in [2.45, 2.75) is 24.7 Å². The van der Waals surface area contributed by atoms with Crippen LogP contribution in [0.4, 0.5) is 4.39 Å². The molecule has 1 aliphatic carbocycles. The highest BCUT2D eigenvalue weighted by Gasteiger charge is 2.38. The maximum Gasteiger partial charge on any atom is 0.223 e. The Hall–Kier alpha value is -1.03. The number of carbonyl (C=O) groups is 1. The van der Waals surface area contributed by atoms with Gasteiger partial charge in [-0.15, -0.1) is 11.8 Å². The number of amides is 1. The average Bonchev–Trinajstić information content (AvgIpc) is 3.08. The third kappa shape index (κ3) is 4.02. The third-order valence-corrected chi connectivity index (χ3v) is 4.25. The van der Waals surface area contributed by atoms with Crippen molar-refractivity contribution in [1.29, 1.82) is 0 Å². The van der Waals surface area contributed by atoms with Crippen molar-refractivity contribution < 1.29 is 9.18 Å². The second-order valence-corrected chi connectivity index (χ2v) is 5.93. The van der Waals surface area contributed by atoms with Crippen LogP contribution in [0.2, 0.25) is 0 Å². The number of benzene rings is 1. The van der Waals surface area contributed by atoms with Crippen LogP contribution in [0.5, 0.6) is 0 Å². The van der Waals surface area contributed by atoms with Crippen molar-refractivity contribution in [2.24, 2.45) is 11.8 Å². The molecule has 1 saturated carbocycles. The molecule has 0 spiro atoms. The van der Waals surface area contributed by atoms with Gasteiger partial charge in [-0.3, -0.25) is 4.79 Å². The molecular formula is C14H18FNOS. The first-order chi connectivity index (χ1) is 8.66. The summed E-state index contributed by atoms with van der Waals surface area (Å²) in [5, 5.41) is 2.96. The Bertz CT molecular complexity index is 407. The zero-order valence-electron chi connectivity index (χ0n) is 10.5. The van der Waals surface area contributed by atoms with Crippen molar-refractivity contribution in [1.82, 2.24) is 5.32 Å². The smallest absolute Gasteiger partial charge is 0.223 e. The fourth-order valence-electron chi connectivity index (χ4n) is 1.82. The molecule has 4 heteroatoms. The van der Waals surface area contributed by atoms with Gasteiger partial charge in [0.1, 0.15) is 5.82 Å². The van der Waals surface area contributed by atoms with Crippen molar-refractivity contribution >= 4 is 17.7 Å². The Labute approximate surface area is 111 Å². The molecule has 1 amide bonds. The van der Waals surface area contributed by atoms with Gasteiger partial charge in [-0.2, -0.15) is 0 Å². The fraction of sp³-hybridized carbons (Fsp3) is 0.500. The second kappa shape index (κ2) is 6.23. The summed E-state index contributed by atoms with van der Waals surface area (Å²) in [6.07, 6.45) is 1.98. The van der Waals surface area contributed by atoms with Gasteiger partial charge in [-0.1, -0.05) is 6.92 Å². The van der Waals surface area contributed by atoms with E-state index in [1.54, 1.807) is 23.9 Å². The number of hydrogen-bond donors (Lipinski definition) is 1. The maximum atomic E-state index is 12.7.